The van der Waals surface area contributed by atoms with Gasteiger partial charge in [-0.05, 0) is 93.6 Å². The second-order valence-corrected chi connectivity index (χ2v) is 14.1. The van der Waals surface area contributed by atoms with Gasteiger partial charge in [0.15, 0.2) is 0 Å². The maximum absolute atomic E-state index is 13.7. The predicted molar refractivity (Wildman–Crippen MR) is 193 cm³/mol. The summed E-state index contributed by atoms with van der Waals surface area (Å²) in [5.74, 6) is 0.260. The van der Waals surface area contributed by atoms with Crippen LogP contribution in [0.2, 0.25) is 0 Å². The van der Waals surface area contributed by atoms with E-state index < -0.39 is 0 Å². The molecule has 0 spiro atoms. The molecule has 3 nitrogen and oxygen atoms in total. The molecule has 0 saturated heterocycles. The van der Waals surface area contributed by atoms with Crippen LogP contribution in [-0.2, 0) is 25.5 Å². The summed E-state index contributed by atoms with van der Waals surface area (Å²) in [6.45, 7) is 7.00. The van der Waals surface area contributed by atoms with Crippen molar-refractivity contribution in [1.29, 1.82) is 0 Å². The van der Waals surface area contributed by atoms with Crippen molar-refractivity contribution in [2.24, 2.45) is 5.41 Å². The zero-order valence-electron chi connectivity index (χ0n) is 27.3. The van der Waals surface area contributed by atoms with Gasteiger partial charge in [-0.2, -0.15) is 0 Å². The quantitative estimate of drug-likeness (QED) is 0.131. The molecule has 2 aliphatic carbocycles. The van der Waals surface area contributed by atoms with Crippen LogP contribution in [0, 0.1) is 11.5 Å². The van der Waals surface area contributed by atoms with Crippen molar-refractivity contribution >= 4 is 16.4 Å². The first kappa shape index (κ1) is 30.7. The van der Waals surface area contributed by atoms with E-state index in [0.29, 0.717) is 5.65 Å². The molecule has 5 aromatic carbocycles. The van der Waals surface area contributed by atoms with Gasteiger partial charge in [0.25, 0.3) is 5.56 Å². The molecule has 2 unspecified atom stereocenters. The average molecular weight is 800 g/mol. The molecule has 9 rings (SSSR count). The summed E-state index contributed by atoms with van der Waals surface area (Å²) in [5, 5.41) is 1.93. The molecule has 1 saturated carbocycles. The number of hydrogen-bond donors (Lipinski definition) is 0. The van der Waals surface area contributed by atoms with Crippen LogP contribution in [0.4, 0.5) is 0 Å². The summed E-state index contributed by atoms with van der Waals surface area (Å²) < 4.78 is 2.21. The molecule has 4 heteroatoms. The molecule has 0 amide bonds. The molecule has 237 valence electrons. The zero-order valence-corrected chi connectivity index (χ0v) is 29.6. The van der Waals surface area contributed by atoms with Gasteiger partial charge in [0, 0.05) is 36.8 Å². The Morgan fingerprint density at radius 3 is 1.96 bits per heavy atom. The van der Waals surface area contributed by atoms with E-state index in [1.807, 2.05) is 6.07 Å². The van der Waals surface area contributed by atoms with Crippen LogP contribution in [-0.4, -0.2) is 9.38 Å². The van der Waals surface area contributed by atoms with Crippen molar-refractivity contribution in [3.8, 4) is 44.5 Å². The molecule has 2 atom stereocenters. The molecule has 2 bridgehead atoms. The van der Waals surface area contributed by atoms with Crippen LogP contribution >= 0.6 is 0 Å². The monoisotopic (exact) mass is 800 g/mol. The minimum atomic E-state index is -0.0673. The molecule has 1 fully saturated rings. The summed E-state index contributed by atoms with van der Waals surface area (Å²) in [6.07, 6.45) is 4.29. The molecule has 1 radical (unpaired) electrons. The van der Waals surface area contributed by atoms with Crippen molar-refractivity contribution in [2.45, 2.75) is 44.9 Å². The molecular formula is C44H35IrN2O-. The molecule has 0 N–H and O–H groups in total. The van der Waals surface area contributed by atoms with Gasteiger partial charge in [0.2, 0.25) is 0 Å². The minimum absolute atomic E-state index is 0. The van der Waals surface area contributed by atoms with E-state index in [1.54, 1.807) is 0 Å². The van der Waals surface area contributed by atoms with Gasteiger partial charge < -0.3 is 4.40 Å². The Hall–Kier alpha value is -4.63. The largest absolute Gasteiger partial charge is 0.345 e. The molecular weight excluding hydrogens is 765 g/mol. The van der Waals surface area contributed by atoms with Gasteiger partial charge in [0.05, 0.1) is 5.65 Å². The van der Waals surface area contributed by atoms with Gasteiger partial charge in [-0.1, -0.05) is 117 Å². The smallest absolute Gasteiger partial charge is 0.267 e. The molecule has 2 aliphatic rings. The maximum atomic E-state index is 13.7. The maximum Gasteiger partial charge on any atom is 0.267 e. The van der Waals surface area contributed by atoms with Crippen molar-refractivity contribution in [3.05, 3.63) is 155 Å². The van der Waals surface area contributed by atoms with Gasteiger partial charge in [-0.3, -0.25) is 4.79 Å². The predicted octanol–water partition coefficient (Wildman–Crippen LogP) is 10.5. The van der Waals surface area contributed by atoms with Gasteiger partial charge in [0.1, 0.15) is 0 Å². The SMILES string of the molecule is CC12CCC(c3c1n1ccc4c(-c5cccc(-c6cc(-c7ccccc7)cc(-c7ccccc7)c6)c5)cc[c-]c4c1nc3=O)C2(C)C.[Ir]. The fraction of sp³-hybridized carbons (Fsp3) is 0.182. The average Bonchev–Trinajstić information content (AvgIpc) is 3.45. The normalized spacial score (nSPS) is 18.9. The number of benzene rings is 5. The first-order valence-electron chi connectivity index (χ1n) is 16.6. The number of hydrogen-bond acceptors (Lipinski definition) is 2. The van der Waals surface area contributed by atoms with E-state index >= 15 is 0 Å². The summed E-state index contributed by atoms with van der Waals surface area (Å²) >= 11 is 0. The Morgan fingerprint density at radius 2 is 1.29 bits per heavy atom. The Balaban J connectivity index is 0.00000336. The summed E-state index contributed by atoms with van der Waals surface area (Å²) in [4.78, 5) is 18.4. The third-order valence-corrected chi connectivity index (χ3v) is 11.6. The Labute approximate surface area is 294 Å². The Morgan fingerprint density at radius 1 is 0.708 bits per heavy atom. The molecule has 2 heterocycles. The summed E-state index contributed by atoms with van der Waals surface area (Å²) in [6, 6.07) is 46.6. The van der Waals surface area contributed by atoms with E-state index in [0.717, 1.165) is 51.6 Å². The van der Waals surface area contributed by atoms with Crippen molar-refractivity contribution in [2.75, 3.05) is 0 Å². The van der Waals surface area contributed by atoms with Gasteiger partial charge in [-0.15, -0.1) is 23.6 Å². The van der Waals surface area contributed by atoms with Crippen molar-refractivity contribution in [1.82, 2.24) is 9.38 Å². The van der Waals surface area contributed by atoms with E-state index in [1.165, 1.54) is 27.8 Å². The van der Waals surface area contributed by atoms with Gasteiger partial charge in [-0.25, -0.2) is 4.98 Å². The Bertz CT molecular complexity index is 2370. The summed E-state index contributed by atoms with van der Waals surface area (Å²) in [5.41, 5.74) is 12.0. The van der Waals surface area contributed by atoms with Crippen molar-refractivity contribution in [3.63, 3.8) is 0 Å². The molecule has 0 aliphatic heterocycles. The molecule has 48 heavy (non-hydrogen) atoms. The molecule has 2 aromatic heterocycles. The first-order chi connectivity index (χ1) is 22.8. The van der Waals surface area contributed by atoms with E-state index in [4.69, 9.17) is 4.98 Å². The van der Waals surface area contributed by atoms with E-state index in [-0.39, 0.29) is 42.4 Å². The van der Waals surface area contributed by atoms with Crippen LogP contribution in [0.25, 0.3) is 60.9 Å². The van der Waals surface area contributed by atoms with Gasteiger partial charge >= 0.3 is 0 Å². The number of fused-ring (bicyclic) bond motifs is 9. The Kier molecular flexibility index (Phi) is 7.18. The van der Waals surface area contributed by atoms with E-state index in [2.05, 4.69) is 153 Å². The van der Waals surface area contributed by atoms with Crippen molar-refractivity contribution < 1.29 is 20.1 Å². The molecule has 7 aromatic rings. The second-order valence-electron chi connectivity index (χ2n) is 14.1. The number of aromatic nitrogens is 2. The first-order valence-corrected chi connectivity index (χ1v) is 16.6. The van der Waals surface area contributed by atoms with Crippen LogP contribution < -0.4 is 5.56 Å². The van der Waals surface area contributed by atoms with Crippen LogP contribution in [0.5, 0.6) is 0 Å². The summed E-state index contributed by atoms with van der Waals surface area (Å²) in [7, 11) is 0. The fourth-order valence-corrected chi connectivity index (χ4v) is 8.70. The number of nitrogens with zero attached hydrogens (tertiary/aromatic N) is 2. The zero-order chi connectivity index (χ0) is 31.9. The van der Waals surface area contributed by atoms with Crippen LogP contribution in [0.3, 0.4) is 0 Å². The van der Waals surface area contributed by atoms with Crippen LogP contribution in [0.1, 0.15) is 50.8 Å². The fourth-order valence-electron chi connectivity index (χ4n) is 8.70. The third kappa shape index (κ3) is 4.43. The van der Waals surface area contributed by atoms with Crippen LogP contribution in [0.15, 0.2) is 132 Å². The standard InChI is InChI=1S/C44H35N2O.Ir/c1-43(2)38-20-22-44(43,3)40-39(38)42(47)45-41-37-19-11-18-35(36(37)21-23-46(40)41)31-17-10-16-30(24-31)34-26-32(28-12-6-4-7-13-28)25-33(27-34)29-14-8-5-9-15-29;/h4-18,21,23-27,38H,20,22H2,1-3H3;/q-1;. The van der Waals surface area contributed by atoms with E-state index in [9.17, 15) is 4.79 Å². The minimum Gasteiger partial charge on any atom is -0.345 e. The number of rotatable bonds is 4. The number of pyridine rings is 1. The second kappa shape index (κ2) is 11.2. The third-order valence-electron chi connectivity index (χ3n) is 11.6. The topological polar surface area (TPSA) is 34.4 Å².